The molecule has 1 saturated heterocycles. The molecule has 0 amide bonds. The molecular formula is C16H24FNO3. The lowest BCUT2D eigenvalue weighted by molar-refractivity contribution is 0.145. The average Bonchev–Trinajstić information content (AvgIpc) is 2.93. The lowest BCUT2D eigenvalue weighted by atomic mass is 9.81. The van der Waals surface area contributed by atoms with E-state index >= 15 is 0 Å². The van der Waals surface area contributed by atoms with Crippen LogP contribution in [0.3, 0.4) is 0 Å². The molecule has 1 heterocycles. The Morgan fingerprint density at radius 3 is 2.86 bits per heavy atom. The van der Waals surface area contributed by atoms with Crippen molar-refractivity contribution in [2.75, 3.05) is 47.1 Å². The molecule has 0 radical (unpaired) electrons. The largest absolute Gasteiger partial charge is 0.494 e. The maximum absolute atomic E-state index is 13.8. The highest BCUT2D eigenvalue weighted by atomic mass is 19.1. The van der Waals surface area contributed by atoms with Gasteiger partial charge in [-0.2, -0.15) is 0 Å². The quantitative estimate of drug-likeness (QED) is 0.745. The molecule has 118 valence electrons. The molecule has 1 aliphatic heterocycles. The molecule has 21 heavy (non-hydrogen) atoms. The van der Waals surface area contributed by atoms with E-state index in [2.05, 4.69) is 5.32 Å². The molecule has 1 aromatic carbocycles. The standard InChI is InChI=1S/C16H24FNO3/c1-19-8-6-18-11-16(5-7-21-12-16)10-13-3-4-15(20-2)14(17)9-13/h3-4,9,18H,5-8,10-12H2,1-2H3. The zero-order chi connectivity index (χ0) is 15.1. The second kappa shape index (κ2) is 7.73. The van der Waals surface area contributed by atoms with E-state index in [1.54, 1.807) is 19.2 Å². The summed E-state index contributed by atoms with van der Waals surface area (Å²) in [5.41, 5.74) is 1.02. The van der Waals surface area contributed by atoms with Gasteiger partial charge in [-0.05, 0) is 30.5 Å². The highest BCUT2D eigenvalue weighted by Gasteiger charge is 2.34. The van der Waals surface area contributed by atoms with Crippen molar-refractivity contribution in [3.8, 4) is 5.75 Å². The zero-order valence-electron chi connectivity index (χ0n) is 12.8. The van der Waals surface area contributed by atoms with E-state index in [1.807, 2.05) is 6.07 Å². The first-order chi connectivity index (χ1) is 10.2. The Kier molecular flexibility index (Phi) is 5.96. The molecule has 0 bridgehead atoms. The minimum Gasteiger partial charge on any atom is -0.494 e. The van der Waals surface area contributed by atoms with Crippen molar-refractivity contribution in [1.82, 2.24) is 5.32 Å². The average molecular weight is 297 g/mol. The van der Waals surface area contributed by atoms with E-state index < -0.39 is 0 Å². The third-order valence-electron chi connectivity index (χ3n) is 3.96. The Bertz CT molecular complexity index is 447. The monoisotopic (exact) mass is 297 g/mol. The molecule has 4 nitrogen and oxygen atoms in total. The first kappa shape index (κ1) is 16.2. The molecule has 1 fully saturated rings. The molecule has 0 saturated carbocycles. The van der Waals surface area contributed by atoms with E-state index in [9.17, 15) is 4.39 Å². The van der Waals surface area contributed by atoms with E-state index in [4.69, 9.17) is 14.2 Å². The van der Waals surface area contributed by atoms with E-state index in [0.717, 1.165) is 38.1 Å². The van der Waals surface area contributed by atoms with Crippen molar-refractivity contribution in [3.63, 3.8) is 0 Å². The third-order valence-corrected chi connectivity index (χ3v) is 3.96. The molecular weight excluding hydrogens is 273 g/mol. The summed E-state index contributed by atoms with van der Waals surface area (Å²) in [6.45, 7) is 3.83. The second-order valence-corrected chi connectivity index (χ2v) is 5.62. The van der Waals surface area contributed by atoms with Gasteiger partial charge >= 0.3 is 0 Å². The molecule has 0 aliphatic carbocycles. The second-order valence-electron chi connectivity index (χ2n) is 5.62. The lowest BCUT2D eigenvalue weighted by Gasteiger charge is -2.28. The smallest absolute Gasteiger partial charge is 0.165 e. The van der Waals surface area contributed by atoms with E-state index in [1.165, 1.54) is 7.11 Å². The van der Waals surface area contributed by atoms with Gasteiger partial charge in [0.15, 0.2) is 11.6 Å². The molecule has 1 N–H and O–H groups in total. The van der Waals surface area contributed by atoms with Gasteiger partial charge in [-0.1, -0.05) is 6.07 Å². The minimum atomic E-state index is -0.309. The van der Waals surface area contributed by atoms with Crippen LogP contribution < -0.4 is 10.1 Å². The van der Waals surface area contributed by atoms with Crippen LogP contribution in [-0.4, -0.2) is 47.1 Å². The fourth-order valence-corrected chi connectivity index (χ4v) is 2.77. The number of halogens is 1. The highest BCUT2D eigenvalue weighted by molar-refractivity contribution is 5.30. The first-order valence-corrected chi connectivity index (χ1v) is 7.29. The highest BCUT2D eigenvalue weighted by Crippen LogP contribution is 2.33. The Morgan fingerprint density at radius 2 is 2.24 bits per heavy atom. The number of hydrogen-bond donors (Lipinski definition) is 1. The van der Waals surface area contributed by atoms with Gasteiger partial charge in [-0.15, -0.1) is 0 Å². The van der Waals surface area contributed by atoms with Crippen LogP contribution in [0.5, 0.6) is 5.75 Å². The van der Waals surface area contributed by atoms with Crippen LogP contribution in [0, 0.1) is 11.2 Å². The van der Waals surface area contributed by atoms with Gasteiger partial charge in [-0.3, -0.25) is 0 Å². The number of hydrogen-bond acceptors (Lipinski definition) is 4. The van der Waals surface area contributed by atoms with Gasteiger partial charge in [0.1, 0.15) is 0 Å². The Labute approximate surface area is 125 Å². The van der Waals surface area contributed by atoms with Crippen molar-refractivity contribution in [2.24, 2.45) is 5.41 Å². The van der Waals surface area contributed by atoms with Gasteiger partial charge < -0.3 is 19.5 Å². The third kappa shape index (κ3) is 4.40. The molecule has 5 heteroatoms. The summed E-state index contributed by atoms with van der Waals surface area (Å²) in [5.74, 6) is -0.0231. The van der Waals surface area contributed by atoms with Crippen molar-refractivity contribution >= 4 is 0 Å². The fraction of sp³-hybridized carbons (Fsp3) is 0.625. The van der Waals surface area contributed by atoms with Crippen LogP contribution in [0.4, 0.5) is 4.39 Å². The lowest BCUT2D eigenvalue weighted by Crippen LogP contribution is -2.38. The van der Waals surface area contributed by atoms with Gasteiger partial charge in [0, 0.05) is 32.2 Å². The topological polar surface area (TPSA) is 39.7 Å². The normalized spacial score (nSPS) is 21.7. The van der Waals surface area contributed by atoms with Crippen molar-refractivity contribution < 1.29 is 18.6 Å². The maximum atomic E-state index is 13.8. The zero-order valence-corrected chi connectivity index (χ0v) is 12.8. The Balaban J connectivity index is 2.00. The van der Waals surface area contributed by atoms with Gasteiger partial charge in [0.25, 0.3) is 0 Å². The van der Waals surface area contributed by atoms with Crippen LogP contribution in [0.2, 0.25) is 0 Å². The van der Waals surface area contributed by atoms with E-state index in [0.29, 0.717) is 13.2 Å². The van der Waals surface area contributed by atoms with E-state index in [-0.39, 0.29) is 17.0 Å². The molecule has 1 aliphatic rings. The summed E-state index contributed by atoms with van der Waals surface area (Å²) in [4.78, 5) is 0. The summed E-state index contributed by atoms with van der Waals surface area (Å²) in [6, 6.07) is 5.18. The Hall–Kier alpha value is -1.17. The molecule has 2 rings (SSSR count). The molecule has 0 spiro atoms. The van der Waals surface area contributed by atoms with Gasteiger partial charge in [0.05, 0.1) is 20.3 Å². The van der Waals surface area contributed by atoms with Crippen LogP contribution in [0.25, 0.3) is 0 Å². The predicted octanol–water partition coefficient (Wildman–Crippen LogP) is 2.02. The molecule has 1 atom stereocenters. The van der Waals surface area contributed by atoms with Crippen molar-refractivity contribution in [2.45, 2.75) is 12.8 Å². The van der Waals surface area contributed by atoms with Crippen LogP contribution >= 0.6 is 0 Å². The number of nitrogens with one attached hydrogen (secondary N) is 1. The summed E-state index contributed by atoms with van der Waals surface area (Å²) < 4.78 is 29.4. The molecule has 1 aromatic rings. The van der Waals surface area contributed by atoms with Gasteiger partial charge in [0.2, 0.25) is 0 Å². The summed E-state index contributed by atoms with van der Waals surface area (Å²) in [5, 5.41) is 3.40. The minimum absolute atomic E-state index is 0.0365. The predicted molar refractivity (Wildman–Crippen MR) is 79.3 cm³/mol. The van der Waals surface area contributed by atoms with Crippen LogP contribution in [0.15, 0.2) is 18.2 Å². The molecule has 1 unspecified atom stereocenters. The van der Waals surface area contributed by atoms with Crippen LogP contribution in [0.1, 0.15) is 12.0 Å². The SMILES string of the molecule is COCCNCC1(Cc2ccc(OC)c(F)c2)CCOC1. The Morgan fingerprint density at radius 1 is 1.38 bits per heavy atom. The number of benzene rings is 1. The van der Waals surface area contributed by atoms with Crippen LogP contribution in [-0.2, 0) is 15.9 Å². The summed E-state index contributed by atoms with van der Waals surface area (Å²) in [6.07, 6.45) is 1.79. The maximum Gasteiger partial charge on any atom is 0.165 e. The van der Waals surface area contributed by atoms with Crippen molar-refractivity contribution in [3.05, 3.63) is 29.6 Å². The number of rotatable bonds is 8. The first-order valence-electron chi connectivity index (χ1n) is 7.29. The number of methoxy groups -OCH3 is 2. The van der Waals surface area contributed by atoms with Gasteiger partial charge in [-0.25, -0.2) is 4.39 Å². The molecule has 0 aromatic heterocycles. The summed E-state index contributed by atoms with van der Waals surface area (Å²) >= 11 is 0. The van der Waals surface area contributed by atoms with Crippen molar-refractivity contribution in [1.29, 1.82) is 0 Å². The number of ether oxygens (including phenoxy) is 3. The summed E-state index contributed by atoms with van der Waals surface area (Å²) in [7, 11) is 3.17. The fourth-order valence-electron chi connectivity index (χ4n) is 2.77.